The van der Waals surface area contributed by atoms with E-state index in [4.69, 9.17) is 0 Å². The number of alkyl halides is 1. The highest BCUT2D eigenvalue weighted by Gasteiger charge is 2.25. The van der Waals surface area contributed by atoms with E-state index in [0.717, 1.165) is 49.9 Å². The van der Waals surface area contributed by atoms with E-state index in [2.05, 4.69) is 61.8 Å². The molecule has 1 fully saturated rings. The van der Waals surface area contributed by atoms with E-state index in [0.29, 0.717) is 23.7 Å². The molecule has 0 spiro atoms. The summed E-state index contributed by atoms with van der Waals surface area (Å²) in [5.74, 6) is 0.452. The standard InChI is InChI=1S/C30H42F2N2/c1-7-30(5,6)33-22(2)27-15-14-26(20-28(27)31)25-12-10-23(11-13-25)8-9-24-16-18-34(19-17-24)21-29(3,4)32/h10-15,20,24,33H,2,7-9,16-19,21H2,1,3-6H3. The quantitative estimate of drug-likeness (QED) is 0.385. The van der Waals surface area contributed by atoms with Crippen LogP contribution in [0.25, 0.3) is 16.8 Å². The molecule has 3 rings (SSSR count). The third-order valence-corrected chi connectivity index (χ3v) is 7.10. The molecule has 0 bridgehead atoms. The lowest BCUT2D eigenvalue weighted by Gasteiger charge is -2.34. The van der Waals surface area contributed by atoms with Gasteiger partial charge in [0, 0.05) is 23.3 Å². The van der Waals surface area contributed by atoms with Crippen molar-refractivity contribution in [1.82, 2.24) is 10.2 Å². The molecule has 0 unspecified atom stereocenters. The molecule has 2 aromatic rings. The van der Waals surface area contributed by atoms with Gasteiger partial charge in [-0.15, -0.1) is 0 Å². The normalized spacial score (nSPS) is 16.0. The Labute approximate surface area is 205 Å². The van der Waals surface area contributed by atoms with Crippen molar-refractivity contribution in [1.29, 1.82) is 0 Å². The SMILES string of the molecule is C=C(NC(C)(C)CC)c1ccc(-c2ccc(CCC3CCN(CC(C)(C)F)CC3)cc2)cc1F. The summed E-state index contributed by atoms with van der Waals surface area (Å²) >= 11 is 0. The molecule has 1 saturated heterocycles. The Balaban J connectivity index is 1.54. The van der Waals surface area contributed by atoms with Crippen LogP contribution in [0.1, 0.15) is 71.4 Å². The zero-order chi connectivity index (χ0) is 24.9. The van der Waals surface area contributed by atoms with Crippen molar-refractivity contribution in [3.8, 4) is 11.1 Å². The zero-order valence-corrected chi connectivity index (χ0v) is 21.7. The number of benzene rings is 2. The number of likely N-dealkylation sites (tertiary alicyclic amines) is 1. The van der Waals surface area contributed by atoms with E-state index in [1.165, 1.54) is 12.0 Å². The van der Waals surface area contributed by atoms with Gasteiger partial charge in [-0.1, -0.05) is 43.8 Å². The lowest BCUT2D eigenvalue weighted by atomic mass is 9.90. The van der Waals surface area contributed by atoms with Gasteiger partial charge < -0.3 is 10.2 Å². The van der Waals surface area contributed by atoms with Crippen molar-refractivity contribution in [2.45, 2.75) is 77.9 Å². The maximum atomic E-state index is 14.9. The van der Waals surface area contributed by atoms with Crippen molar-refractivity contribution in [3.63, 3.8) is 0 Å². The molecular weight excluding hydrogens is 426 g/mol. The van der Waals surface area contributed by atoms with Crippen molar-refractivity contribution < 1.29 is 8.78 Å². The number of aryl methyl sites for hydroxylation is 1. The highest BCUT2D eigenvalue weighted by molar-refractivity contribution is 5.69. The summed E-state index contributed by atoms with van der Waals surface area (Å²) in [6.45, 7) is 16.2. The molecule has 0 radical (unpaired) electrons. The monoisotopic (exact) mass is 468 g/mol. The first-order valence-electron chi connectivity index (χ1n) is 12.7. The van der Waals surface area contributed by atoms with Gasteiger partial charge in [0.05, 0.1) is 0 Å². The Morgan fingerprint density at radius 3 is 2.21 bits per heavy atom. The molecule has 0 aromatic heterocycles. The maximum Gasteiger partial charge on any atom is 0.133 e. The Bertz CT molecular complexity index is 949. The van der Waals surface area contributed by atoms with Crippen LogP contribution >= 0.6 is 0 Å². The molecule has 1 heterocycles. The van der Waals surface area contributed by atoms with E-state index in [-0.39, 0.29) is 11.4 Å². The molecule has 0 aliphatic carbocycles. The predicted octanol–water partition coefficient (Wildman–Crippen LogP) is 7.63. The Hall–Kier alpha value is -2.20. The molecule has 0 amide bonds. The van der Waals surface area contributed by atoms with Gasteiger partial charge in [-0.3, -0.25) is 0 Å². The van der Waals surface area contributed by atoms with Gasteiger partial charge in [-0.05, 0) is 108 Å². The van der Waals surface area contributed by atoms with E-state index in [1.807, 2.05) is 12.1 Å². The second-order valence-electron chi connectivity index (χ2n) is 11.2. The summed E-state index contributed by atoms with van der Waals surface area (Å²) in [5.41, 5.74) is 3.10. The van der Waals surface area contributed by atoms with Crippen LogP contribution in [0.2, 0.25) is 0 Å². The summed E-state index contributed by atoms with van der Waals surface area (Å²) in [5, 5.41) is 3.33. The van der Waals surface area contributed by atoms with Gasteiger partial charge in [0.1, 0.15) is 11.5 Å². The van der Waals surface area contributed by atoms with Crippen LogP contribution in [0.5, 0.6) is 0 Å². The molecule has 0 saturated carbocycles. The van der Waals surface area contributed by atoms with E-state index in [1.54, 1.807) is 19.9 Å². The van der Waals surface area contributed by atoms with Crippen LogP contribution in [0.3, 0.4) is 0 Å². The lowest BCUT2D eigenvalue weighted by Crippen LogP contribution is -2.41. The van der Waals surface area contributed by atoms with E-state index < -0.39 is 5.67 Å². The number of hydrogen-bond donors (Lipinski definition) is 1. The fourth-order valence-electron chi connectivity index (χ4n) is 4.70. The molecule has 4 heteroatoms. The number of nitrogens with zero attached hydrogens (tertiary/aromatic N) is 1. The highest BCUT2D eigenvalue weighted by atomic mass is 19.1. The molecule has 0 atom stereocenters. The number of hydrogen-bond acceptors (Lipinski definition) is 2. The minimum Gasteiger partial charge on any atom is -0.380 e. The first kappa shape index (κ1) is 26.4. The third-order valence-electron chi connectivity index (χ3n) is 7.10. The smallest absolute Gasteiger partial charge is 0.133 e. The Morgan fingerprint density at radius 1 is 1.03 bits per heavy atom. The third kappa shape index (κ3) is 7.66. The van der Waals surface area contributed by atoms with Gasteiger partial charge in [-0.2, -0.15) is 0 Å². The first-order chi connectivity index (χ1) is 16.0. The first-order valence-corrected chi connectivity index (χ1v) is 12.7. The van der Waals surface area contributed by atoms with Gasteiger partial charge >= 0.3 is 0 Å². The van der Waals surface area contributed by atoms with E-state index in [9.17, 15) is 8.78 Å². The fourth-order valence-corrected chi connectivity index (χ4v) is 4.70. The second kappa shape index (κ2) is 11.0. The molecule has 186 valence electrons. The van der Waals surface area contributed by atoms with Crippen molar-refractivity contribution >= 4 is 5.70 Å². The zero-order valence-electron chi connectivity index (χ0n) is 21.7. The molecule has 1 N–H and O–H groups in total. The lowest BCUT2D eigenvalue weighted by molar-refractivity contribution is 0.0943. The summed E-state index contributed by atoms with van der Waals surface area (Å²) in [6, 6.07) is 13.9. The summed E-state index contributed by atoms with van der Waals surface area (Å²) < 4.78 is 28.7. The van der Waals surface area contributed by atoms with Crippen LogP contribution in [0.15, 0.2) is 49.0 Å². The van der Waals surface area contributed by atoms with Gasteiger partial charge in [-0.25, -0.2) is 8.78 Å². The van der Waals surface area contributed by atoms with Crippen molar-refractivity contribution in [2.75, 3.05) is 19.6 Å². The van der Waals surface area contributed by atoms with Gasteiger partial charge in [0.25, 0.3) is 0 Å². The summed E-state index contributed by atoms with van der Waals surface area (Å²) in [7, 11) is 0. The average molecular weight is 469 g/mol. The van der Waals surface area contributed by atoms with Gasteiger partial charge in [0.15, 0.2) is 0 Å². The molecule has 2 aromatic carbocycles. The Kier molecular flexibility index (Phi) is 8.57. The number of halogens is 2. The van der Waals surface area contributed by atoms with Crippen LogP contribution in [-0.4, -0.2) is 35.7 Å². The van der Waals surface area contributed by atoms with Crippen molar-refractivity contribution in [3.05, 3.63) is 66.0 Å². The highest BCUT2D eigenvalue weighted by Crippen LogP contribution is 2.28. The van der Waals surface area contributed by atoms with Crippen LogP contribution < -0.4 is 5.32 Å². The van der Waals surface area contributed by atoms with Gasteiger partial charge in [0.2, 0.25) is 0 Å². The van der Waals surface area contributed by atoms with Crippen LogP contribution in [0.4, 0.5) is 8.78 Å². The second-order valence-corrected chi connectivity index (χ2v) is 11.2. The minimum atomic E-state index is -1.12. The van der Waals surface area contributed by atoms with E-state index >= 15 is 0 Å². The minimum absolute atomic E-state index is 0.125. The number of rotatable bonds is 10. The molecule has 2 nitrogen and oxygen atoms in total. The number of nitrogens with one attached hydrogen (secondary N) is 1. The molecule has 1 aliphatic heterocycles. The molecule has 34 heavy (non-hydrogen) atoms. The van der Waals surface area contributed by atoms with Crippen LogP contribution in [0, 0.1) is 11.7 Å². The molecular formula is C30H42F2N2. The topological polar surface area (TPSA) is 15.3 Å². The number of piperidine rings is 1. The predicted molar refractivity (Wildman–Crippen MR) is 141 cm³/mol. The summed E-state index contributed by atoms with van der Waals surface area (Å²) in [6.07, 6.45) is 5.43. The summed E-state index contributed by atoms with van der Waals surface area (Å²) in [4.78, 5) is 2.26. The van der Waals surface area contributed by atoms with Crippen LogP contribution in [-0.2, 0) is 6.42 Å². The molecule has 1 aliphatic rings. The fraction of sp³-hybridized carbons (Fsp3) is 0.533. The Morgan fingerprint density at radius 2 is 1.65 bits per heavy atom. The maximum absolute atomic E-state index is 14.9. The largest absolute Gasteiger partial charge is 0.380 e. The average Bonchev–Trinajstić information content (AvgIpc) is 2.77. The van der Waals surface area contributed by atoms with Crippen molar-refractivity contribution in [2.24, 2.45) is 5.92 Å².